The summed E-state index contributed by atoms with van der Waals surface area (Å²) in [6, 6.07) is 14.5. The Hall–Kier alpha value is -1.15. The first-order chi connectivity index (χ1) is 8.61. The fourth-order valence-corrected chi connectivity index (χ4v) is 2.29. The van der Waals surface area contributed by atoms with Crippen molar-refractivity contribution in [3.8, 4) is 0 Å². The Balaban J connectivity index is 2.65. The summed E-state index contributed by atoms with van der Waals surface area (Å²) in [4.78, 5) is 0. The minimum absolute atomic E-state index is 0.314. The lowest BCUT2D eigenvalue weighted by atomic mass is 9.99. The molecule has 0 atom stereocenters. The number of aliphatic hydroxyl groups is 1. The molecule has 92 valence electrons. The van der Waals surface area contributed by atoms with Crippen LogP contribution in [0.5, 0.6) is 0 Å². The lowest BCUT2D eigenvalue weighted by Crippen LogP contribution is -1.92. The van der Waals surface area contributed by atoms with Gasteiger partial charge in [-0.2, -0.15) is 0 Å². The quantitative estimate of drug-likeness (QED) is 0.725. The van der Waals surface area contributed by atoms with Crippen molar-refractivity contribution >= 4 is 40.4 Å². The molecule has 4 heteroatoms. The van der Waals surface area contributed by atoms with Crippen LogP contribution in [0, 0.1) is 0 Å². The van der Waals surface area contributed by atoms with E-state index in [0.717, 1.165) is 5.56 Å². The molecule has 0 unspecified atom stereocenters. The van der Waals surface area contributed by atoms with Gasteiger partial charge >= 0.3 is 0 Å². The summed E-state index contributed by atoms with van der Waals surface area (Å²) in [6.07, 6.45) is 0. The second kappa shape index (κ2) is 5.66. The summed E-state index contributed by atoms with van der Waals surface area (Å²) >= 11 is 17.9. The van der Waals surface area contributed by atoms with E-state index in [1.165, 1.54) is 0 Å². The Morgan fingerprint density at radius 1 is 0.889 bits per heavy atom. The second-order valence-corrected chi connectivity index (χ2v) is 4.78. The van der Waals surface area contributed by atoms with Crippen molar-refractivity contribution in [3.05, 3.63) is 74.9 Å². The van der Waals surface area contributed by atoms with Gasteiger partial charge < -0.3 is 5.11 Å². The Labute approximate surface area is 120 Å². The number of rotatable bonds is 2. The molecule has 0 heterocycles. The van der Waals surface area contributed by atoms with Crippen LogP contribution in [0.3, 0.4) is 0 Å². The summed E-state index contributed by atoms with van der Waals surface area (Å²) in [7, 11) is 0. The Morgan fingerprint density at radius 2 is 1.56 bits per heavy atom. The first kappa shape index (κ1) is 13.3. The third kappa shape index (κ3) is 2.64. The smallest absolute Gasteiger partial charge is 0.193 e. The highest BCUT2D eigenvalue weighted by Gasteiger charge is 2.14. The highest BCUT2D eigenvalue weighted by Crippen LogP contribution is 2.35. The van der Waals surface area contributed by atoms with Crippen LogP contribution in [0.15, 0.2) is 53.7 Å². The molecule has 18 heavy (non-hydrogen) atoms. The van der Waals surface area contributed by atoms with Gasteiger partial charge in [0.2, 0.25) is 0 Å². The first-order valence-electron chi connectivity index (χ1n) is 5.20. The van der Waals surface area contributed by atoms with Gasteiger partial charge in [-0.15, -0.1) is 0 Å². The minimum atomic E-state index is -0.314. The molecule has 1 nitrogen and oxygen atoms in total. The van der Waals surface area contributed by atoms with Crippen molar-refractivity contribution in [2.75, 3.05) is 0 Å². The number of benzene rings is 2. The van der Waals surface area contributed by atoms with Crippen LogP contribution in [0.1, 0.15) is 11.1 Å². The molecule has 0 aliphatic carbocycles. The molecule has 2 rings (SSSR count). The Bertz CT molecular complexity index is 587. The van der Waals surface area contributed by atoms with E-state index in [9.17, 15) is 5.11 Å². The lowest BCUT2D eigenvalue weighted by Gasteiger charge is -2.11. The molecule has 0 bridgehead atoms. The van der Waals surface area contributed by atoms with Gasteiger partial charge in [0.15, 0.2) is 5.22 Å². The fraction of sp³-hybridized carbons (Fsp3) is 0. The number of aliphatic hydroxyl groups excluding tert-OH is 1. The van der Waals surface area contributed by atoms with Gasteiger partial charge in [0.25, 0.3) is 0 Å². The average Bonchev–Trinajstić information content (AvgIpc) is 2.36. The van der Waals surface area contributed by atoms with Crippen LogP contribution >= 0.6 is 34.8 Å². The topological polar surface area (TPSA) is 20.2 Å². The van der Waals surface area contributed by atoms with Gasteiger partial charge in [-0.3, -0.25) is 0 Å². The van der Waals surface area contributed by atoms with E-state index in [-0.39, 0.29) is 5.22 Å². The minimum Gasteiger partial charge on any atom is -0.498 e. The Kier molecular flexibility index (Phi) is 4.18. The molecule has 0 spiro atoms. The number of hydrogen-bond acceptors (Lipinski definition) is 1. The highest BCUT2D eigenvalue weighted by molar-refractivity contribution is 6.43. The van der Waals surface area contributed by atoms with Crippen molar-refractivity contribution in [2.24, 2.45) is 0 Å². The highest BCUT2D eigenvalue weighted by atomic mass is 35.5. The van der Waals surface area contributed by atoms with Crippen molar-refractivity contribution in [3.63, 3.8) is 0 Å². The molecular weight excluding hydrogens is 291 g/mol. The van der Waals surface area contributed by atoms with Gasteiger partial charge in [-0.05, 0) is 23.2 Å². The van der Waals surface area contributed by atoms with E-state index >= 15 is 0 Å². The summed E-state index contributed by atoms with van der Waals surface area (Å²) in [5.74, 6) is 0. The van der Waals surface area contributed by atoms with E-state index in [2.05, 4.69) is 0 Å². The van der Waals surface area contributed by atoms with E-state index in [1.807, 2.05) is 30.3 Å². The molecule has 2 aromatic rings. The van der Waals surface area contributed by atoms with Crippen molar-refractivity contribution in [1.29, 1.82) is 0 Å². The predicted octanol–water partition coefficient (Wildman–Crippen LogP) is 5.51. The maximum atomic E-state index is 9.68. The van der Waals surface area contributed by atoms with Gasteiger partial charge in [0.05, 0.1) is 10.0 Å². The van der Waals surface area contributed by atoms with Crippen LogP contribution in [-0.4, -0.2) is 5.11 Å². The van der Waals surface area contributed by atoms with Crippen LogP contribution in [-0.2, 0) is 0 Å². The number of halogens is 3. The van der Waals surface area contributed by atoms with Crippen molar-refractivity contribution < 1.29 is 5.11 Å². The maximum Gasteiger partial charge on any atom is 0.193 e. The predicted molar refractivity (Wildman–Crippen MR) is 77.4 cm³/mol. The summed E-state index contributed by atoms with van der Waals surface area (Å²) in [6.45, 7) is 0. The zero-order chi connectivity index (χ0) is 13.1. The van der Waals surface area contributed by atoms with Crippen LogP contribution in [0.2, 0.25) is 10.0 Å². The van der Waals surface area contributed by atoms with Gasteiger partial charge in [0.1, 0.15) is 0 Å². The molecule has 0 aromatic heterocycles. The zero-order valence-electron chi connectivity index (χ0n) is 9.20. The second-order valence-electron chi connectivity index (χ2n) is 3.63. The molecule has 0 fully saturated rings. The fourth-order valence-electron chi connectivity index (χ4n) is 1.69. The lowest BCUT2D eigenvalue weighted by molar-refractivity contribution is 0.455. The van der Waals surface area contributed by atoms with E-state index in [1.54, 1.807) is 18.2 Å². The van der Waals surface area contributed by atoms with Crippen LogP contribution in [0.4, 0.5) is 0 Å². The molecule has 0 amide bonds. The maximum absolute atomic E-state index is 9.68. The summed E-state index contributed by atoms with van der Waals surface area (Å²) < 4.78 is 0. The first-order valence-corrected chi connectivity index (χ1v) is 6.33. The molecule has 0 aliphatic heterocycles. The molecule has 1 N–H and O–H groups in total. The molecular formula is C14H9Cl3O. The van der Waals surface area contributed by atoms with E-state index in [0.29, 0.717) is 21.2 Å². The molecule has 0 saturated heterocycles. The summed E-state index contributed by atoms with van der Waals surface area (Å²) in [5, 5.41) is 10.1. The van der Waals surface area contributed by atoms with Gasteiger partial charge in [-0.25, -0.2) is 0 Å². The SMILES string of the molecule is OC(Cl)=C(c1ccccc1)c1cccc(Cl)c1Cl. The average molecular weight is 300 g/mol. The standard InChI is InChI=1S/C14H9Cl3O/c15-11-8-4-7-10(13(11)16)12(14(17)18)9-5-2-1-3-6-9/h1-8,18H. The largest absolute Gasteiger partial charge is 0.498 e. The van der Waals surface area contributed by atoms with Crippen molar-refractivity contribution in [2.45, 2.75) is 0 Å². The van der Waals surface area contributed by atoms with Gasteiger partial charge in [0, 0.05) is 11.1 Å². The molecule has 2 aromatic carbocycles. The third-order valence-corrected chi connectivity index (χ3v) is 3.50. The van der Waals surface area contributed by atoms with Crippen molar-refractivity contribution in [1.82, 2.24) is 0 Å². The molecule has 0 aliphatic rings. The molecule has 0 radical (unpaired) electrons. The third-order valence-electron chi connectivity index (χ3n) is 2.49. The van der Waals surface area contributed by atoms with Crippen LogP contribution in [0.25, 0.3) is 5.57 Å². The zero-order valence-corrected chi connectivity index (χ0v) is 11.5. The molecule has 0 saturated carbocycles. The monoisotopic (exact) mass is 298 g/mol. The van der Waals surface area contributed by atoms with Crippen LogP contribution < -0.4 is 0 Å². The normalized spacial score (nSPS) is 12.2. The summed E-state index contributed by atoms with van der Waals surface area (Å²) in [5.41, 5.74) is 1.84. The Morgan fingerprint density at radius 3 is 2.17 bits per heavy atom. The van der Waals surface area contributed by atoms with E-state index < -0.39 is 0 Å². The number of hydrogen-bond donors (Lipinski definition) is 1. The van der Waals surface area contributed by atoms with Gasteiger partial charge in [-0.1, -0.05) is 65.7 Å². The van der Waals surface area contributed by atoms with E-state index in [4.69, 9.17) is 34.8 Å².